The molecule has 1 saturated heterocycles. The summed E-state index contributed by atoms with van der Waals surface area (Å²) in [6, 6.07) is 0. The summed E-state index contributed by atoms with van der Waals surface area (Å²) in [6.07, 6.45) is 3.32. The van der Waals surface area contributed by atoms with E-state index < -0.39 is 10.0 Å². The summed E-state index contributed by atoms with van der Waals surface area (Å²) in [7, 11) is -3.04. The van der Waals surface area contributed by atoms with Gasteiger partial charge in [-0.25, -0.2) is 8.42 Å². The number of nitrogens with zero attached hydrogens (tertiary/aromatic N) is 2. The Kier molecular flexibility index (Phi) is 3.53. The van der Waals surface area contributed by atoms with Crippen molar-refractivity contribution >= 4 is 10.0 Å². The average Bonchev–Trinajstić information content (AvgIpc) is 3.00. The van der Waals surface area contributed by atoms with E-state index in [0.717, 1.165) is 25.9 Å². The molecule has 94 valence electrons. The van der Waals surface area contributed by atoms with Crippen LogP contribution in [0.2, 0.25) is 0 Å². The third-order valence-corrected chi connectivity index (χ3v) is 4.71. The number of rotatable bonds is 4. The van der Waals surface area contributed by atoms with E-state index in [1.54, 1.807) is 0 Å². The van der Waals surface area contributed by atoms with Crippen molar-refractivity contribution in [2.45, 2.75) is 18.9 Å². The van der Waals surface area contributed by atoms with Crippen LogP contribution in [0.1, 0.15) is 12.8 Å². The fourth-order valence-corrected chi connectivity index (χ4v) is 2.96. The van der Waals surface area contributed by atoms with E-state index in [2.05, 4.69) is 4.90 Å². The molecule has 0 aromatic heterocycles. The predicted molar refractivity (Wildman–Crippen MR) is 61.6 cm³/mol. The molecule has 1 N–H and O–H groups in total. The summed E-state index contributed by atoms with van der Waals surface area (Å²) >= 11 is 0. The topological polar surface area (TPSA) is 60.9 Å². The lowest BCUT2D eigenvalue weighted by atomic mass is 10.2. The molecule has 2 aliphatic rings. The van der Waals surface area contributed by atoms with E-state index >= 15 is 0 Å². The van der Waals surface area contributed by atoms with Crippen LogP contribution in [-0.4, -0.2) is 67.8 Å². The quantitative estimate of drug-likeness (QED) is 0.717. The largest absolute Gasteiger partial charge is 0.392 e. The van der Waals surface area contributed by atoms with Crippen molar-refractivity contribution in [2.24, 2.45) is 5.92 Å². The zero-order valence-corrected chi connectivity index (χ0v) is 10.5. The van der Waals surface area contributed by atoms with Gasteiger partial charge in [-0.15, -0.1) is 0 Å². The lowest BCUT2D eigenvalue weighted by molar-refractivity contribution is 0.0783. The van der Waals surface area contributed by atoms with Crippen LogP contribution in [0.15, 0.2) is 0 Å². The molecule has 6 heteroatoms. The molecule has 2 rings (SSSR count). The third-order valence-electron chi connectivity index (χ3n) is 3.41. The van der Waals surface area contributed by atoms with Crippen LogP contribution in [0.25, 0.3) is 0 Å². The molecular weight excluding hydrogens is 228 g/mol. The highest BCUT2D eigenvalue weighted by Crippen LogP contribution is 2.32. The predicted octanol–water partition coefficient (Wildman–Crippen LogP) is -0.665. The van der Waals surface area contributed by atoms with Crippen LogP contribution in [0, 0.1) is 5.92 Å². The van der Waals surface area contributed by atoms with Crippen LogP contribution >= 0.6 is 0 Å². The first-order valence-corrected chi connectivity index (χ1v) is 7.67. The van der Waals surface area contributed by atoms with Gasteiger partial charge in [-0.3, -0.25) is 4.90 Å². The molecule has 1 aliphatic heterocycles. The van der Waals surface area contributed by atoms with Gasteiger partial charge in [0.25, 0.3) is 0 Å². The van der Waals surface area contributed by atoms with Gasteiger partial charge in [0.15, 0.2) is 0 Å². The summed E-state index contributed by atoms with van der Waals surface area (Å²) in [5.74, 6) is 0.493. The SMILES string of the molecule is CS(=O)(=O)N1CCN(C[C@H](O)C2CC2)CC1. The van der Waals surface area contributed by atoms with Crippen LogP contribution < -0.4 is 0 Å². The highest BCUT2D eigenvalue weighted by atomic mass is 32.2. The number of aliphatic hydroxyl groups is 1. The molecule has 16 heavy (non-hydrogen) atoms. The zero-order valence-electron chi connectivity index (χ0n) is 9.67. The van der Waals surface area contributed by atoms with Crippen LogP contribution in [0.4, 0.5) is 0 Å². The van der Waals surface area contributed by atoms with Crippen molar-refractivity contribution in [1.29, 1.82) is 0 Å². The Balaban J connectivity index is 1.76. The molecule has 5 nitrogen and oxygen atoms in total. The molecule has 0 unspecified atom stereocenters. The highest BCUT2D eigenvalue weighted by molar-refractivity contribution is 7.88. The second-order valence-electron chi connectivity index (χ2n) is 4.87. The first-order chi connectivity index (χ1) is 7.47. The van der Waals surface area contributed by atoms with E-state index in [-0.39, 0.29) is 6.10 Å². The molecule has 1 heterocycles. The molecule has 2 fully saturated rings. The Morgan fingerprint density at radius 2 is 1.81 bits per heavy atom. The van der Waals surface area contributed by atoms with E-state index in [1.165, 1.54) is 10.6 Å². The van der Waals surface area contributed by atoms with Crippen LogP contribution in [0.3, 0.4) is 0 Å². The van der Waals surface area contributed by atoms with Gasteiger partial charge in [-0.05, 0) is 18.8 Å². The third kappa shape index (κ3) is 3.16. The van der Waals surface area contributed by atoms with Crippen molar-refractivity contribution in [3.8, 4) is 0 Å². The van der Waals surface area contributed by atoms with Gasteiger partial charge >= 0.3 is 0 Å². The summed E-state index contributed by atoms with van der Waals surface area (Å²) in [5, 5.41) is 9.79. The monoisotopic (exact) mass is 248 g/mol. The van der Waals surface area contributed by atoms with Gasteiger partial charge in [0.1, 0.15) is 0 Å². The fraction of sp³-hybridized carbons (Fsp3) is 1.00. The Bertz CT molecular complexity index is 332. The second-order valence-corrected chi connectivity index (χ2v) is 6.85. The van der Waals surface area contributed by atoms with Gasteiger partial charge in [0, 0.05) is 32.7 Å². The number of aliphatic hydroxyl groups excluding tert-OH is 1. The van der Waals surface area contributed by atoms with Gasteiger partial charge in [0.05, 0.1) is 12.4 Å². The van der Waals surface area contributed by atoms with E-state index in [0.29, 0.717) is 25.6 Å². The highest BCUT2D eigenvalue weighted by Gasteiger charge is 2.32. The van der Waals surface area contributed by atoms with Crippen molar-refractivity contribution in [3.63, 3.8) is 0 Å². The molecular formula is C10H20N2O3S. The Hall–Kier alpha value is -0.170. The fourth-order valence-electron chi connectivity index (χ4n) is 2.14. The Morgan fingerprint density at radius 1 is 1.25 bits per heavy atom. The number of β-amino-alcohol motifs (C(OH)–C–C–N with tert-alkyl or cyclic N) is 1. The minimum Gasteiger partial charge on any atom is -0.392 e. The summed E-state index contributed by atoms with van der Waals surface area (Å²) in [6.45, 7) is 3.27. The first kappa shape index (κ1) is 12.3. The molecule has 0 bridgehead atoms. The van der Waals surface area contributed by atoms with E-state index in [9.17, 15) is 13.5 Å². The number of hydrogen-bond acceptors (Lipinski definition) is 4. The maximum atomic E-state index is 11.3. The molecule has 0 amide bonds. The standard InChI is InChI=1S/C10H20N2O3S/c1-16(14,15)12-6-4-11(5-7-12)8-10(13)9-2-3-9/h9-10,13H,2-8H2,1H3/t10-/m0/s1. The van der Waals surface area contributed by atoms with Crippen molar-refractivity contribution in [3.05, 3.63) is 0 Å². The minimum absolute atomic E-state index is 0.218. The lowest BCUT2D eigenvalue weighted by Crippen LogP contribution is -2.50. The Labute approximate surface area is 97.1 Å². The van der Waals surface area contributed by atoms with Crippen molar-refractivity contribution in [1.82, 2.24) is 9.21 Å². The molecule has 0 aromatic rings. The molecule has 1 aliphatic carbocycles. The van der Waals surface area contributed by atoms with Gasteiger partial charge in [0.2, 0.25) is 10.0 Å². The normalized spacial score (nSPS) is 26.9. The molecule has 0 spiro atoms. The number of piperazine rings is 1. The van der Waals surface area contributed by atoms with Gasteiger partial charge in [-0.2, -0.15) is 4.31 Å². The first-order valence-electron chi connectivity index (χ1n) is 5.82. The summed E-state index contributed by atoms with van der Waals surface area (Å²) in [5.41, 5.74) is 0. The van der Waals surface area contributed by atoms with E-state index in [4.69, 9.17) is 0 Å². The molecule has 0 radical (unpaired) electrons. The average molecular weight is 248 g/mol. The summed E-state index contributed by atoms with van der Waals surface area (Å²) < 4.78 is 24.1. The van der Waals surface area contributed by atoms with Gasteiger partial charge < -0.3 is 5.11 Å². The second kappa shape index (κ2) is 4.60. The van der Waals surface area contributed by atoms with Gasteiger partial charge in [-0.1, -0.05) is 0 Å². The molecule has 1 atom stereocenters. The number of sulfonamides is 1. The van der Waals surface area contributed by atoms with Crippen LogP contribution in [0.5, 0.6) is 0 Å². The molecule has 1 saturated carbocycles. The van der Waals surface area contributed by atoms with Crippen molar-refractivity contribution in [2.75, 3.05) is 39.0 Å². The lowest BCUT2D eigenvalue weighted by Gasteiger charge is -2.34. The maximum absolute atomic E-state index is 11.3. The smallest absolute Gasteiger partial charge is 0.211 e. The molecule has 0 aromatic carbocycles. The van der Waals surface area contributed by atoms with Crippen LogP contribution in [-0.2, 0) is 10.0 Å². The maximum Gasteiger partial charge on any atom is 0.211 e. The number of hydrogen-bond donors (Lipinski definition) is 1. The summed E-state index contributed by atoms with van der Waals surface area (Å²) in [4.78, 5) is 2.16. The van der Waals surface area contributed by atoms with E-state index in [1.807, 2.05) is 0 Å². The Morgan fingerprint density at radius 3 is 2.25 bits per heavy atom. The van der Waals surface area contributed by atoms with Crippen molar-refractivity contribution < 1.29 is 13.5 Å². The zero-order chi connectivity index (χ0) is 11.8. The minimum atomic E-state index is -3.04.